The highest BCUT2D eigenvalue weighted by molar-refractivity contribution is 6.00. The van der Waals surface area contributed by atoms with Crippen LogP contribution in [0.5, 0.6) is 5.75 Å². The topological polar surface area (TPSA) is 61.9 Å². The Morgan fingerprint density at radius 2 is 1.94 bits per heavy atom. The maximum Gasteiger partial charge on any atom is 0.227 e. The molecule has 2 aromatic rings. The van der Waals surface area contributed by atoms with E-state index in [0.717, 1.165) is 42.1 Å². The van der Waals surface area contributed by atoms with E-state index in [1.165, 1.54) is 12.8 Å². The molecule has 6 nitrogen and oxygen atoms in total. The number of carbonyl (C=O) groups is 2. The normalized spacial score (nSPS) is 19.9. The van der Waals surface area contributed by atoms with Gasteiger partial charge < -0.3 is 15.0 Å². The van der Waals surface area contributed by atoms with Crippen molar-refractivity contribution in [2.24, 2.45) is 5.92 Å². The molecule has 2 atom stereocenters. The van der Waals surface area contributed by atoms with Crippen LogP contribution < -0.4 is 15.0 Å². The van der Waals surface area contributed by atoms with Gasteiger partial charge in [-0.2, -0.15) is 0 Å². The third-order valence-corrected chi connectivity index (χ3v) is 6.69. The number of nitrogens with zero attached hydrogens (tertiary/aromatic N) is 2. The number of likely N-dealkylation sites (tertiary alicyclic amines) is 1. The molecule has 2 aliphatic heterocycles. The number of anilines is 1. The van der Waals surface area contributed by atoms with Crippen molar-refractivity contribution in [2.45, 2.75) is 38.6 Å². The number of hydrogen-bond acceptors (Lipinski definition) is 4. The van der Waals surface area contributed by atoms with Crippen LogP contribution in [-0.4, -0.2) is 50.0 Å². The minimum Gasteiger partial charge on any atom is -0.497 e. The summed E-state index contributed by atoms with van der Waals surface area (Å²) in [6, 6.07) is 16.2. The minimum absolute atomic E-state index is 0.0231. The van der Waals surface area contributed by atoms with Crippen molar-refractivity contribution in [1.82, 2.24) is 10.2 Å². The van der Waals surface area contributed by atoms with E-state index in [1.807, 2.05) is 36.4 Å². The van der Waals surface area contributed by atoms with Crippen molar-refractivity contribution in [2.75, 3.05) is 38.2 Å². The Kier molecular flexibility index (Phi) is 7.10. The first-order valence-electron chi connectivity index (χ1n) is 11.6. The van der Waals surface area contributed by atoms with Gasteiger partial charge in [0, 0.05) is 25.2 Å². The van der Waals surface area contributed by atoms with Gasteiger partial charge >= 0.3 is 0 Å². The first kappa shape index (κ1) is 22.3. The molecule has 0 bridgehead atoms. The summed E-state index contributed by atoms with van der Waals surface area (Å²) in [7, 11) is 1.67. The predicted molar refractivity (Wildman–Crippen MR) is 126 cm³/mol. The summed E-state index contributed by atoms with van der Waals surface area (Å²) in [5.74, 6) is 0.485. The van der Waals surface area contributed by atoms with Crippen LogP contribution in [0.2, 0.25) is 0 Å². The average molecular weight is 436 g/mol. The summed E-state index contributed by atoms with van der Waals surface area (Å²) in [5.41, 5.74) is 3.21. The molecule has 2 aromatic carbocycles. The first-order chi connectivity index (χ1) is 15.6. The number of methoxy groups -OCH3 is 1. The standard InChI is InChI=1S/C26H33N3O3/c1-3-19-9-4-5-12-23(19)29-18-21(16-25(29)30)26(31)27-17-24(28-13-6-7-14-28)20-10-8-11-22(15-20)32-2/h4-5,8-12,15,21,24H,3,6-7,13-14,16-18H2,1-2H3,(H,27,31). The Morgan fingerprint density at radius 3 is 2.69 bits per heavy atom. The number of benzene rings is 2. The van der Waals surface area contributed by atoms with Gasteiger partial charge in [-0.15, -0.1) is 0 Å². The van der Waals surface area contributed by atoms with Crippen LogP contribution in [0.25, 0.3) is 0 Å². The lowest BCUT2D eigenvalue weighted by molar-refractivity contribution is -0.126. The lowest BCUT2D eigenvalue weighted by Gasteiger charge is -2.29. The van der Waals surface area contributed by atoms with E-state index in [4.69, 9.17) is 4.74 Å². The molecule has 0 spiro atoms. The molecule has 1 N–H and O–H groups in total. The Morgan fingerprint density at radius 1 is 1.16 bits per heavy atom. The molecule has 0 radical (unpaired) electrons. The average Bonchev–Trinajstić information content (AvgIpc) is 3.49. The third kappa shape index (κ3) is 4.80. The number of rotatable bonds is 8. The number of nitrogens with one attached hydrogen (secondary N) is 1. The van der Waals surface area contributed by atoms with Crippen LogP contribution in [0.15, 0.2) is 48.5 Å². The molecule has 170 valence electrons. The molecule has 2 fully saturated rings. The molecule has 32 heavy (non-hydrogen) atoms. The number of ether oxygens (including phenoxy) is 1. The van der Waals surface area contributed by atoms with Gasteiger partial charge in [0.25, 0.3) is 0 Å². The molecule has 4 rings (SSSR count). The van der Waals surface area contributed by atoms with Crippen molar-refractivity contribution in [3.05, 3.63) is 59.7 Å². The molecule has 0 saturated carbocycles. The second-order valence-corrected chi connectivity index (χ2v) is 8.67. The molecule has 6 heteroatoms. The third-order valence-electron chi connectivity index (χ3n) is 6.69. The molecule has 2 aliphatic rings. The first-order valence-corrected chi connectivity index (χ1v) is 11.6. The van der Waals surface area contributed by atoms with Gasteiger partial charge in [-0.25, -0.2) is 0 Å². The van der Waals surface area contributed by atoms with Crippen LogP contribution in [-0.2, 0) is 16.0 Å². The van der Waals surface area contributed by atoms with Crippen molar-refractivity contribution < 1.29 is 14.3 Å². The molecule has 2 amide bonds. The number of aryl methyl sites for hydroxylation is 1. The van der Waals surface area contributed by atoms with Crippen LogP contribution in [0.3, 0.4) is 0 Å². The smallest absolute Gasteiger partial charge is 0.227 e. The largest absolute Gasteiger partial charge is 0.497 e. The van der Waals surface area contributed by atoms with Crippen molar-refractivity contribution in [3.63, 3.8) is 0 Å². The lowest BCUT2D eigenvalue weighted by Crippen LogP contribution is -2.40. The Hall–Kier alpha value is -2.86. The van der Waals surface area contributed by atoms with Gasteiger partial charge in [0.15, 0.2) is 0 Å². The Balaban J connectivity index is 1.43. The summed E-state index contributed by atoms with van der Waals surface area (Å²) in [6.45, 7) is 5.11. The predicted octanol–water partition coefficient (Wildman–Crippen LogP) is 3.56. The van der Waals surface area contributed by atoms with Gasteiger partial charge in [0.2, 0.25) is 11.8 Å². The highest BCUT2D eigenvalue weighted by Gasteiger charge is 2.36. The molecular weight excluding hydrogens is 402 g/mol. The van der Waals surface area contributed by atoms with Gasteiger partial charge in [-0.1, -0.05) is 37.3 Å². The fraction of sp³-hybridized carbons (Fsp3) is 0.462. The van der Waals surface area contributed by atoms with E-state index >= 15 is 0 Å². The van der Waals surface area contributed by atoms with Crippen molar-refractivity contribution in [1.29, 1.82) is 0 Å². The zero-order chi connectivity index (χ0) is 22.5. The van der Waals surface area contributed by atoms with E-state index in [-0.39, 0.29) is 30.2 Å². The second-order valence-electron chi connectivity index (χ2n) is 8.67. The highest BCUT2D eigenvalue weighted by atomic mass is 16.5. The minimum atomic E-state index is -0.322. The maximum absolute atomic E-state index is 13.1. The van der Waals surface area contributed by atoms with E-state index in [1.54, 1.807) is 12.0 Å². The van der Waals surface area contributed by atoms with E-state index in [9.17, 15) is 9.59 Å². The summed E-state index contributed by atoms with van der Waals surface area (Å²) in [4.78, 5) is 30.0. The highest BCUT2D eigenvalue weighted by Crippen LogP contribution is 2.30. The zero-order valence-corrected chi connectivity index (χ0v) is 19.0. The van der Waals surface area contributed by atoms with Crippen LogP contribution in [0.4, 0.5) is 5.69 Å². The van der Waals surface area contributed by atoms with Gasteiger partial charge in [-0.3, -0.25) is 14.5 Å². The zero-order valence-electron chi connectivity index (χ0n) is 19.0. The monoisotopic (exact) mass is 435 g/mol. The fourth-order valence-corrected chi connectivity index (χ4v) is 4.89. The maximum atomic E-state index is 13.1. The van der Waals surface area contributed by atoms with Crippen molar-refractivity contribution in [3.8, 4) is 5.75 Å². The van der Waals surface area contributed by atoms with Crippen molar-refractivity contribution >= 4 is 17.5 Å². The Labute approximate surface area is 190 Å². The molecule has 0 aliphatic carbocycles. The summed E-state index contributed by atoms with van der Waals surface area (Å²) in [6.07, 6.45) is 3.47. The number of hydrogen-bond donors (Lipinski definition) is 1. The summed E-state index contributed by atoms with van der Waals surface area (Å²) >= 11 is 0. The number of amides is 2. The number of para-hydroxylation sites is 1. The molecule has 2 unspecified atom stereocenters. The number of carbonyl (C=O) groups excluding carboxylic acids is 2. The van der Waals surface area contributed by atoms with E-state index < -0.39 is 0 Å². The van der Waals surface area contributed by atoms with Crippen LogP contribution >= 0.6 is 0 Å². The lowest BCUT2D eigenvalue weighted by atomic mass is 10.0. The Bertz CT molecular complexity index is 955. The van der Waals surface area contributed by atoms with Gasteiger partial charge in [0.1, 0.15) is 5.75 Å². The SMILES string of the molecule is CCc1ccccc1N1CC(C(=O)NCC(c2cccc(OC)c2)N2CCCC2)CC1=O. The second kappa shape index (κ2) is 10.2. The molecule has 2 heterocycles. The van der Waals surface area contributed by atoms with Crippen LogP contribution in [0.1, 0.15) is 43.4 Å². The molecule has 0 aromatic heterocycles. The quantitative estimate of drug-likeness (QED) is 0.689. The fourth-order valence-electron chi connectivity index (χ4n) is 4.89. The van der Waals surface area contributed by atoms with E-state index in [2.05, 4.69) is 29.3 Å². The molecule has 2 saturated heterocycles. The van der Waals surface area contributed by atoms with Gasteiger partial charge in [-0.05, 0) is 61.7 Å². The summed E-state index contributed by atoms with van der Waals surface area (Å²) in [5, 5.41) is 3.16. The van der Waals surface area contributed by atoms with Crippen LogP contribution in [0, 0.1) is 5.92 Å². The van der Waals surface area contributed by atoms with Gasteiger partial charge in [0.05, 0.1) is 19.1 Å². The summed E-state index contributed by atoms with van der Waals surface area (Å²) < 4.78 is 5.41. The van der Waals surface area contributed by atoms with E-state index in [0.29, 0.717) is 13.1 Å². The molecular formula is C26H33N3O3.